The lowest BCUT2D eigenvalue weighted by Crippen LogP contribution is -2.45. The van der Waals surface area contributed by atoms with Crippen LogP contribution in [-0.4, -0.2) is 11.5 Å². The summed E-state index contributed by atoms with van der Waals surface area (Å²) >= 11 is 0. The van der Waals surface area contributed by atoms with Crippen molar-refractivity contribution in [2.45, 2.75) is 25.3 Å². The first-order valence-corrected chi connectivity index (χ1v) is 5.49. The van der Waals surface area contributed by atoms with Gasteiger partial charge in [0.2, 0.25) is 0 Å². The van der Waals surface area contributed by atoms with Gasteiger partial charge >= 0.3 is 0 Å². The van der Waals surface area contributed by atoms with E-state index in [4.69, 9.17) is 5.73 Å². The van der Waals surface area contributed by atoms with E-state index < -0.39 is 5.54 Å². The summed E-state index contributed by atoms with van der Waals surface area (Å²) in [5.74, 6) is 0.120. The van der Waals surface area contributed by atoms with Gasteiger partial charge in [0.15, 0.2) is 0 Å². The fourth-order valence-electron chi connectivity index (χ4n) is 2.85. The van der Waals surface area contributed by atoms with Crippen molar-refractivity contribution in [2.75, 3.05) is 6.54 Å². The Morgan fingerprint density at radius 3 is 2.62 bits per heavy atom. The molecular formula is C12H16N2O2. The van der Waals surface area contributed by atoms with E-state index in [-0.39, 0.29) is 23.3 Å². The molecule has 3 unspecified atom stereocenters. The highest BCUT2D eigenvalue weighted by atomic mass is 16.6. The summed E-state index contributed by atoms with van der Waals surface area (Å²) in [6.07, 6.45) is 0. The maximum Gasteiger partial charge on any atom is 0.262 e. The summed E-state index contributed by atoms with van der Waals surface area (Å²) < 4.78 is 0. The van der Waals surface area contributed by atoms with Gasteiger partial charge in [-0.1, -0.05) is 38.1 Å². The summed E-state index contributed by atoms with van der Waals surface area (Å²) in [7, 11) is 0. The SMILES string of the molecule is CC1c2ccccc2C(CN)([N+](=O)[O-])C1C. The van der Waals surface area contributed by atoms with Crippen molar-refractivity contribution in [3.05, 3.63) is 45.5 Å². The zero-order chi connectivity index (χ0) is 11.9. The normalized spacial score (nSPS) is 32.4. The van der Waals surface area contributed by atoms with Gasteiger partial charge in [-0.05, 0) is 11.5 Å². The molecule has 1 aromatic rings. The second-order valence-corrected chi connectivity index (χ2v) is 4.55. The molecular weight excluding hydrogens is 204 g/mol. The fraction of sp³-hybridized carbons (Fsp3) is 0.500. The van der Waals surface area contributed by atoms with Crippen LogP contribution in [0, 0.1) is 16.0 Å². The molecule has 1 aliphatic carbocycles. The topological polar surface area (TPSA) is 69.2 Å². The number of hydrogen-bond acceptors (Lipinski definition) is 3. The molecule has 0 aliphatic heterocycles. The van der Waals surface area contributed by atoms with Crippen LogP contribution >= 0.6 is 0 Å². The predicted molar refractivity (Wildman–Crippen MR) is 61.7 cm³/mol. The molecule has 1 aliphatic rings. The Kier molecular flexibility index (Phi) is 2.46. The second-order valence-electron chi connectivity index (χ2n) is 4.55. The van der Waals surface area contributed by atoms with Crippen LogP contribution in [0.15, 0.2) is 24.3 Å². The number of nitrogens with two attached hydrogens (primary N) is 1. The van der Waals surface area contributed by atoms with E-state index in [2.05, 4.69) is 0 Å². The van der Waals surface area contributed by atoms with Crippen LogP contribution < -0.4 is 5.73 Å². The van der Waals surface area contributed by atoms with Crippen molar-refractivity contribution in [3.8, 4) is 0 Å². The van der Waals surface area contributed by atoms with E-state index in [0.717, 1.165) is 11.1 Å². The quantitative estimate of drug-likeness (QED) is 0.611. The second kappa shape index (κ2) is 3.56. The zero-order valence-corrected chi connectivity index (χ0v) is 9.51. The number of rotatable bonds is 2. The molecule has 0 bridgehead atoms. The van der Waals surface area contributed by atoms with Gasteiger partial charge in [0.1, 0.15) is 0 Å². The van der Waals surface area contributed by atoms with Crippen molar-refractivity contribution < 1.29 is 4.92 Å². The van der Waals surface area contributed by atoms with Crippen LogP contribution in [-0.2, 0) is 5.54 Å². The van der Waals surface area contributed by atoms with Gasteiger partial charge in [-0.2, -0.15) is 0 Å². The van der Waals surface area contributed by atoms with Gasteiger partial charge in [0.25, 0.3) is 5.54 Å². The molecule has 4 heteroatoms. The third-order valence-electron chi connectivity index (χ3n) is 4.06. The Labute approximate surface area is 94.6 Å². The minimum absolute atomic E-state index is 0.0581. The van der Waals surface area contributed by atoms with Crippen molar-refractivity contribution >= 4 is 0 Å². The van der Waals surface area contributed by atoms with Gasteiger partial charge in [-0.25, -0.2) is 0 Å². The standard InChI is InChI=1S/C12H16N2O2/c1-8-9(2)12(7-13,14(15)16)11-6-4-3-5-10(8)11/h3-6,8-9H,7,13H2,1-2H3. The molecule has 86 valence electrons. The van der Waals surface area contributed by atoms with E-state index in [1.807, 2.05) is 38.1 Å². The summed E-state index contributed by atoms with van der Waals surface area (Å²) in [4.78, 5) is 11.2. The average molecular weight is 220 g/mol. The Balaban J connectivity index is 2.68. The van der Waals surface area contributed by atoms with Crippen LogP contribution in [0.3, 0.4) is 0 Å². The van der Waals surface area contributed by atoms with Crippen LogP contribution in [0.2, 0.25) is 0 Å². The molecule has 1 aromatic carbocycles. The molecule has 0 aromatic heterocycles. The minimum atomic E-state index is -1.10. The fourth-order valence-corrected chi connectivity index (χ4v) is 2.85. The number of benzene rings is 1. The summed E-state index contributed by atoms with van der Waals surface area (Å²) in [5.41, 5.74) is 6.46. The van der Waals surface area contributed by atoms with Crippen LogP contribution in [0.5, 0.6) is 0 Å². The molecule has 0 amide bonds. The Morgan fingerprint density at radius 1 is 1.44 bits per heavy atom. The predicted octanol–water partition coefficient (Wildman–Crippen LogP) is 1.87. The van der Waals surface area contributed by atoms with Crippen molar-refractivity contribution in [3.63, 3.8) is 0 Å². The molecule has 2 N–H and O–H groups in total. The number of fused-ring (bicyclic) bond motifs is 1. The summed E-state index contributed by atoms with van der Waals surface area (Å²) in [5, 5.41) is 11.4. The van der Waals surface area contributed by atoms with Crippen molar-refractivity contribution in [1.29, 1.82) is 0 Å². The van der Waals surface area contributed by atoms with Crippen molar-refractivity contribution in [2.24, 2.45) is 11.7 Å². The molecule has 0 spiro atoms. The highest BCUT2D eigenvalue weighted by Crippen LogP contribution is 2.49. The lowest BCUT2D eigenvalue weighted by atomic mass is 9.83. The van der Waals surface area contributed by atoms with E-state index in [1.165, 1.54) is 0 Å². The molecule has 16 heavy (non-hydrogen) atoms. The first-order valence-electron chi connectivity index (χ1n) is 5.49. The van der Waals surface area contributed by atoms with Gasteiger partial charge in [-0.3, -0.25) is 10.1 Å². The number of nitrogens with zero attached hydrogens (tertiary/aromatic N) is 1. The third kappa shape index (κ3) is 1.13. The van der Waals surface area contributed by atoms with E-state index in [1.54, 1.807) is 0 Å². The Bertz CT molecular complexity index is 433. The lowest BCUT2D eigenvalue weighted by molar-refractivity contribution is -0.585. The highest BCUT2D eigenvalue weighted by molar-refractivity contribution is 5.41. The lowest BCUT2D eigenvalue weighted by Gasteiger charge is -2.25. The maximum atomic E-state index is 11.4. The first-order chi connectivity index (χ1) is 7.55. The zero-order valence-electron chi connectivity index (χ0n) is 9.51. The molecule has 3 atom stereocenters. The number of hydrogen-bond donors (Lipinski definition) is 1. The third-order valence-corrected chi connectivity index (χ3v) is 4.06. The van der Waals surface area contributed by atoms with Gasteiger partial charge < -0.3 is 5.73 Å². The molecule has 0 saturated heterocycles. The van der Waals surface area contributed by atoms with Gasteiger partial charge in [0, 0.05) is 16.4 Å². The Hall–Kier alpha value is -1.42. The summed E-state index contributed by atoms with van der Waals surface area (Å²) in [6, 6.07) is 7.58. The highest BCUT2D eigenvalue weighted by Gasteiger charge is 2.57. The minimum Gasteiger partial charge on any atom is -0.324 e. The van der Waals surface area contributed by atoms with Gasteiger partial charge in [-0.15, -0.1) is 0 Å². The van der Waals surface area contributed by atoms with E-state index in [9.17, 15) is 10.1 Å². The van der Waals surface area contributed by atoms with Crippen LogP contribution in [0.4, 0.5) is 0 Å². The van der Waals surface area contributed by atoms with Gasteiger partial charge in [0.05, 0.1) is 6.54 Å². The first kappa shape index (κ1) is 11.1. The largest absolute Gasteiger partial charge is 0.324 e. The number of nitro groups is 1. The molecule has 2 rings (SSSR count). The van der Waals surface area contributed by atoms with Crippen molar-refractivity contribution in [1.82, 2.24) is 0 Å². The maximum absolute atomic E-state index is 11.4. The van der Waals surface area contributed by atoms with Crippen LogP contribution in [0.1, 0.15) is 30.9 Å². The average Bonchev–Trinajstić information content (AvgIpc) is 2.50. The smallest absolute Gasteiger partial charge is 0.262 e. The van der Waals surface area contributed by atoms with E-state index in [0.29, 0.717) is 0 Å². The Morgan fingerprint density at radius 2 is 2.06 bits per heavy atom. The molecule has 0 saturated carbocycles. The molecule has 0 fully saturated rings. The van der Waals surface area contributed by atoms with Crippen LogP contribution in [0.25, 0.3) is 0 Å². The molecule has 4 nitrogen and oxygen atoms in total. The molecule has 0 radical (unpaired) electrons. The summed E-state index contributed by atoms with van der Waals surface area (Å²) in [6.45, 7) is 4.01. The monoisotopic (exact) mass is 220 g/mol. The van der Waals surface area contributed by atoms with E-state index >= 15 is 0 Å². The molecule has 0 heterocycles.